The van der Waals surface area contributed by atoms with Gasteiger partial charge >= 0.3 is 6.03 Å². The maximum Gasteiger partial charge on any atom is 0.319 e. The number of anilines is 2. The van der Waals surface area contributed by atoms with Crippen molar-refractivity contribution in [3.8, 4) is 0 Å². The molecule has 2 aliphatic rings. The van der Waals surface area contributed by atoms with E-state index in [9.17, 15) is 9.59 Å². The largest absolute Gasteiger partial charge is 0.369 e. The fourth-order valence-electron chi connectivity index (χ4n) is 4.49. The molecular formula is C29H33N5O2. The van der Waals surface area contributed by atoms with E-state index in [0.717, 1.165) is 51.1 Å². The van der Waals surface area contributed by atoms with E-state index < -0.39 is 0 Å². The van der Waals surface area contributed by atoms with E-state index in [1.54, 1.807) is 24.3 Å². The maximum atomic E-state index is 12.8. The summed E-state index contributed by atoms with van der Waals surface area (Å²) in [5.74, 6) is -0.129. The smallest absolute Gasteiger partial charge is 0.319 e. The Labute approximate surface area is 212 Å². The summed E-state index contributed by atoms with van der Waals surface area (Å²) < 4.78 is 0. The van der Waals surface area contributed by atoms with Crippen LogP contribution in [0.25, 0.3) is 0 Å². The van der Waals surface area contributed by atoms with Crippen molar-refractivity contribution in [2.75, 3.05) is 36.4 Å². The molecule has 0 spiro atoms. The summed E-state index contributed by atoms with van der Waals surface area (Å²) in [7, 11) is 0. The highest BCUT2D eigenvalue weighted by Gasteiger charge is 2.23. The molecule has 0 radical (unpaired) electrons. The summed E-state index contributed by atoms with van der Waals surface area (Å²) in [5.41, 5.74) is 4.89. The Morgan fingerprint density at radius 1 is 0.778 bits per heavy atom. The summed E-state index contributed by atoms with van der Waals surface area (Å²) >= 11 is 0. The van der Waals surface area contributed by atoms with Gasteiger partial charge in [0.2, 0.25) is 0 Å². The van der Waals surface area contributed by atoms with Crippen molar-refractivity contribution in [3.63, 3.8) is 0 Å². The van der Waals surface area contributed by atoms with Crippen LogP contribution in [0.4, 0.5) is 16.2 Å². The number of para-hydroxylation sites is 1. The lowest BCUT2D eigenvalue weighted by Gasteiger charge is -2.36. The topological polar surface area (TPSA) is 76.7 Å². The Kier molecular flexibility index (Phi) is 7.47. The van der Waals surface area contributed by atoms with Crippen LogP contribution >= 0.6 is 0 Å². The number of benzene rings is 3. The lowest BCUT2D eigenvalue weighted by Crippen LogP contribution is -2.46. The van der Waals surface area contributed by atoms with Crippen molar-refractivity contribution in [2.45, 2.75) is 32.0 Å². The first-order valence-corrected chi connectivity index (χ1v) is 12.7. The molecule has 3 amide bonds. The SMILES string of the molecule is O=C(Nc1ccc(C(=O)NCc2ccccc2CN2CCN(c3ccccc3)CC2)cc1)NC1CC1. The molecule has 2 fully saturated rings. The van der Waals surface area contributed by atoms with Gasteiger partial charge in [0.05, 0.1) is 0 Å². The highest BCUT2D eigenvalue weighted by molar-refractivity contribution is 5.95. The quantitative estimate of drug-likeness (QED) is 0.448. The van der Waals surface area contributed by atoms with Gasteiger partial charge in [-0.05, 0) is 60.4 Å². The van der Waals surface area contributed by atoms with Gasteiger partial charge in [-0.2, -0.15) is 0 Å². The molecule has 3 N–H and O–H groups in total. The van der Waals surface area contributed by atoms with E-state index >= 15 is 0 Å². The van der Waals surface area contributed by atoms with Crippen LogP contribution in [0, 0.1) is 0 Å². The summed E-state index contributed by atoms with van der Waals surface area (Å²) in [4.78, 5) is 29.6. The highest BCUT2D eigenvalue weighted by atomic mass is 16.2. The van der Waals surface area contributed by atoms with Gasteiger partial charge in [-0.3, -0.25) is 9.69 Å². The van der Waals surface area contributed by atoms with Crippen molar-refractivity contribution >= 4 is 23.3 Å². The summed E-state index contributed by atoms with van der Waals surface area (Å²) in [6.45, 7) is 5.38. The molecule has 186 valence electrons. The molecule has 0 atom stereocenters. The van der Waals surface area contributed by atoms with Crippen LogP contribution in [0.15, 0.2) is 78.9 Å². The van der Waals surface area contributed by atoms with Crippen molar-refractivity contribution in [1.29, 1.82) is 0 Å². The number of rotatable bonds is 8. The fraction of sp³-hybridized carbons (Fsp3) is 0.310. The van der Waals surface area contributed by atoms with Gasteiger partial charge in [0.25, 0.3) is 5.91 Å². The predicted octanol–water partition coefficient (Wildman–Crippen LogP) is 4.22. The Morgan fingerprint density at radius 2 is 1.44 bits per heavy atom. The standard InChI is InChI=1S/C29H33N5O2/c35-28(22-10-12-25(13-11-22)31-29(36)32-26-14-15-26)30-20-23-6-4-5-7-24(23)21-33-16-18-34(19-17-33)27-8-2-1-3-9-27/h1-13,26H,14-21H2,(H,30,35)(H2,31,32,36). The average molecular weight is 484 g/mol. The number of piperazine rings is 1. The summed E-state index contributed by atoms with van der Waals surface area (Å²) in [6, 6.07) is 26.0. The van der Waals surface area contributed by atoms with Crippen LogP contribution in [0.5, 0.6) is 0 Å². The number of nitrogens with zero attached hydrogens (tertiary/aromatic N) is 2. The zero-order chi connectivity index (χ0) is 24.7. The third-order valence-electron chi connectivity index (χ3n) is 6.76. The predicted molar refractivity (Wildman–Crippen MR) is 143 cm³/mol. The molecular weight excluding hydrogens is 450 g/mol. The lowest BCUT2D eigenvalue weighted by atomic mass is 10.1. The normalized spacial score (nSPS) is 15.8. The number of carbonyl (C=O) groups is 2. The third kappa shape index (κ3) is 6.43. The van der Waals surface area contributed by atoms with Crippen LogP contribution < -0.4 is 20.9 Å². The second-order valence-corrected chi connectivity index (χ2v) is 9.50. The molecule has 3 aromatic rings. The minimum absolute atomic E-state index is 0.129. The maximum absolute atomic E-state index is 12.8. The molecule has 0 aromatic heterocycles. The number of urea groups is 1. The Balaban J connectivity index is 1.12. The van der Waals surface area contributed by atoms with Crippen LogP contribution in [0.3, 0.4) is 0 Å². The van der Waals surface area contributed by atoms with Crippen LogP contribution in [0.2, 0.25) is 0 Å². The minimum Gasteiger partial charge on any atom is -0.369 e. The molecule has 1 saturated carbocycles. The van der Waals surface area contributed by atoms with Crippen molar-refractivity contribution < 1.29 is 9.59 Å². The number of hydrogen-bond donors (Lipinski definition) is 3. The molecule has 7 nitrogen and oxygen atoms in total. The van der Waals surface area contributed by atoms with E-state index in [0.29, 0.717) is 23.8 Å². The zero-order valence-electron chi connectivity index (χ0n) is 20.5. The van der Waals surface area contributed by atoms with E-state index in [1.807, 2.05) is 6.07 Å². The summed E-state index contributed by atoms with van der Waals surface area (Å²) in [6.07, 6.45) is 2.08. The molecule has 0 bridgehead atoms. The molecule has 1 saturated heterocycles. The lowest BCUT2D eigenvalue weighted by molar-refractivity contribution is 0.0950. The van der Waals surface area contributed by atoms with Gasteiger partial charge < -0.3 is 20.9 Å². The van der Waals surface area contributed by atoms with Gasteiger partial charge in [0.15, 0.2) is 0 Å². The number of nitrogens with one attached hydrogen (secondary N) is 3. The Bertz CT molecular complexity index is 1170. The molecule has 5 rings (SSSR count). The van der Waals surface area contributed by atoms with Crippen molar-refractivity contribution in [3.05, 3.63) is 95.6 Å². The van der Waals surface area contributed by atoms with E-state index in [1.165, 1.54) is 11.3 Å². The first kappa shape index (κ1) is 23.9. The van der Waals surface area contributed by atoms with Crippen molar-refractivity contribution in [2.24, 2.45) is 0 Å². The molecule has 0 unspecified atom stereocenters. The van der Waals surface area contributed by atoms with Crippen LogP contribution in [0.1, 0.15) is 34.3 Å². The van der Waals surface area contributed by atoms with Crippen LogP contribution in [-0.2, 0) is 13.1 Å². The van der Waals surface area contributed by atoms with Gasteiger partial charge in [-0.25, -0.2) is 4.79 Å². The molecule has 1 aliphatic carbocycles. The average Bonchev–Trinajstić information content (AvgIpc) is 3.73. The fourth-order valence-corrected chi connectivity index (χ4v) is 4.49. The number of amides is 3. The first-order valence-electron chi connectivity index (χ1n) is 12.7. The number of hydrogen-bond acceptors (Lipinski definition) is 4. The molecule has 7 heteroatoms. The van der Waals surface area contributed by atoms with Gasteiger partial charge in [-0.1, -0.05) is 42.5 Å². The first-order chi connectivity index (χ1) is 17.6. The van der Waals surface area contributed by atoms with Gasteiger partial charge in [0, 0.05) is 62.2 Å². The van der Waals surface area contributed by atoms with E-state index in [4.69, 9.17) is 0 Å². The van der Waals surface area contributed by atoms with Crippen molar-refractivity contribution in [1.82, 2.24) is 15.5 Å². The Morgan fingerprint density at radius 3 is 2.14 bits per heavy atom. The highest BCUT2D eigenvalue weighted by Crippen LogP contribution is 2.20. The molecule has 36 heavy (non-hydrogen) atoms. The zero-order valence-corrected chi connectivity index (χ0v) is 20.5. The molecule has 1 heterocycles. The molecule has 1 aliphatic heterocycles. The summed E-state index contributed by atoms with van der Waals surface area (Å²) in [5, 5.41) is 8.74. The Hall–Kier alpha value is -3.84. The second-order valence-electron chi connectivity index (χ2n) is 9.50. The minimum atomic E-state index is -0.201. The number of carbonyl (C=O) groups excluding carboxylic acids is 2. The second kappa shape index (κ2) is 11.3. The van der Waals surface area contributed by atoms with E-state index in [2.05, 4.69) is 74.3 Å². The third-order valence-corrected chi connectivity index (χ3v) is 6.76. The molecule has 3 aromatic carbocycles. The van der Waals surface area contributed by atoms with Gasteiger partial charge in [0.1, 0.15) is 0 Å². The van der Waals surface area contributed by atoms with E-state index in [-0.39, 0.29) is 11.9 Å². The van der Waals surface area contributed by atoms with Gasteiger partial charge in [-0.15, -0.1) is 0 Å². The van der Waals surface area contributed by atoms with Crippen LogP contribution in [-0.4, -0.2) is 49.1 Å². The monoisotopic (exact) mass is 483 g/mol.